The van der Waals surface area contributed by atoms with Crippen molar-refractivity contribution in [1.82, 2.24) is 4.98 Å². The minimum atomic E-state index is -5.57. The predicted molar refractivity (Wildman–Crippen MR) is 85.5 cm³/mol. The molecule has 2 aromatic rings. The Labute approximate surface area is 147 Å². The van der Waals surface area contributed by atoms with Crippen LogP contribution in [0.4, 0.5) is 0 Å². The summed E-state index contributed by atoms with van der Waals surface area (Å²) in [6, 6.07) is 2.92. The zero-order valence-corrected chi connectivity index (χ0v) is 16.1. The molecule has 0 saturated heterocycles. The van der Waals surface area contributed by atoms with Crippen molar-refractivity contribution in [3.63, 3.8) is 0 Å². The highest BCUT2D eigenvalue weighted by atomic mass is 79.9. The van der Waals surface area contributed by atoms with Gasteiger partial charge in [0.2, 0.25) is 0 Å². The molecule has 0 spiro atoms. The normalized spacial score (nSPS) is 17.4. The predicted octanol–water partition coefficient (Wildman–Crippen LogP) is 3.29. The molecule has 1 aromatic carbocycles. The zero-order chi connectivity index (χ0) is 18.3. The fraction of sp³-hybridized carbons (Fsp3) is 0. The largest absolute Gasteiger partial charge is 0.536 e. The fourth-order valence-electron chi connectivity index (χ4n) is 1.59. The Bertz CT molecular complexity index is 924. The number of H-pyrrole nitrogens is 1. The van der Waals surface area contributed by atoms with Gasteiger partial charge in [0.15, 0.2) is 5.75 Å². The van der Waals surface area contributed by atoms with Gasteiger partial charge in [0.1, 0.15) is 0 Å². The molecule has 0 aliphatic carbocycles. The highest BCUT2D eigenvalue weighted by molar-refractivity contribution is 9.10. The SMILES string of the molecule is O=P(O)(O)OP(=O)(O)OP(=O)(O)Oc1c[nH]c2cc(Cl)c(Br)cc12. The van der Waals surface area contributed by atoms with Gasteiger partial charge in [-0.1, -0.05) is 11.6 Å². The van der Waals surface area contributed by atoms with Crippen molar-refractivity contribution in [2.45, 2.75) is 0 Å². The zero-order valence-electron chi connectivity index (χ0n) is 11.1. The first kappa shape index (κ1) is 20.1. The van der Waals surface area contributed by atoms with E-state index in [9.17, 15) is 18.6 Å². The number of hydrogen-bond acceptors (Lipinski definition) is 6. The van der Waals surface area contributed by atoms with Crippen LogP contribution in [-0.4, -0.2) is 24.6 Å². The third-order valence-corrected chi connectivity index (χ3v) is 7.27. The van der Waals surface area contributed by atoms with Gasteiger partial charge in [-0.3, -0.25) is 4.89 Å². The molecular weight excluding hydrogens is 478 g/mol. The Morgan fingerprint density at radius 1 is 1.04 bits per heavy atom. The highest BCUT2D eigenvalue weighted by Crippen LogP contribution is 2.66. The van der Waals surface area contributed by atoms with Gasteiger partial charge < -0.3 is 24.2 Å². The van der Waals surface area contributed by atoms with Gasteiger partial charge in [-0.15, -0.1) is 0 Å². The smallest absolute Gasteiger partial charge is 0.402 e. The number of fused-ring (bicyclic) bond motifs is 1. The molecule has 134 valence electrons. The molecule has 0 aliphatic heterocycles. The lowest BCUT2D eigenvalue weighted by molar-refractivity contribution is 0.207. The third-order valence-electron chi connectivity index (χ3n) is 2.31. The Morgan fingerprint density at radius 3 is 2.25 bits per heavy atom. The quantitative estimate of drug-likeness (QED) is 0.381. The number of benzene rings is 1. The molecule has 24 heavy (non-hydrogen) atoms. The molecule has 5 N–H and O–H groups in total. The molecule has 2 unspecified atom stereocenters. The lowest BCUT2D eigenvalue weighted by Gasteiger charge is -2.16. The van der Waals surface area contributed by atoms with Crippen LogP contribution >= 0.6 is 51.0 Å². The van der Waals surface area contributed by atoms with Crippen LogP contribution in [0.3, 0.4) is 0 Å². The molecule has 0 aliphatic rings. The highest BCUT2D eigenvalue weighted by Gasteiger charge is 2.41. The van der Waals surface area contributed by atoms with Crippen LogP contribution in [0, 0.1) is 0 Å². The summed E-state index contributed by atoms with van der Waals surface area (Å²) in [5, 5.41) is 0.613. The van der Waals surface area contributed by atoms with Crippen molar-refractivity contribution < 1.29 is 46.4 Å². The molecule has 16 heteroatoms. The van der Waals surface area contributed by atoms with Gasteiger partial charge in [-0.25, -0.2) is 13.7 Å². The molecule has 1 heterocycles. The minimum absolute atomic E-state index is 0.246. The van der Waals surface area contributed by atoms with E-state index in [2.05, 4.69) is 34.1 Å². The first-order valence-electron chi connectivity index (χ1n) is 5.57. The van der Waals surface area contributed by atoms with Crippen LogP contribution < -0.4 is 4.52 Å². The van der Waals surface area contributed by atoms with E-state index in [1.807, 2.05) is 0 Å². The fourth-order valence-corrected chi connectivity index (χ4v) is 5.13. The number of phosphoric acid groups is 3. The summed E-state index contributed by atoms with van der Waals surface area (Å²) < 4.78 is 45.9. The van der Waals surface area contributed by atoms with Crippen LogP contribution in [0.1, 0.15) is 0 Å². The molecule has 0 bridgehead atoms. The molecular formula is C8H8BrClNO10P3. The van der Waals surface area contributed by atoms with Crippen LogP contribution in [-0.2, 0) is 22.3 Å². The van der Waals surface area contributed by atoms with E-state index in [0.717, 1.165) is 6.20 Å². The molecule has 2 atom stereocenters. The molecule has 0 fully saturated rings. The Balaban J connectivity index is 2.26. The second kappa shape index (κ2) is 6.83. The number of aromatic nitrogens is 1. The number of nitrogens with one attached hydrogen (secondary N) is 1. The number of rotatable bonds is 6. The first-order valence-corrected chi connectivity index (χ1v) is 11.3. The summed E-state index contributed by atoms with van der Waals surface area (Å²) in [7, 11) is -16.3. The monoisotopic (exact) mass is 485 g/mol. The number of aromatic amines is 1. The van der Waals surface area contributed by atoms with E-state index in [1.165, 1.54) is 12.1 Å². The standard InChI is InChI=1S/C8H8BrClNO10P3/c9-5-1-4-7(2-6(5)10)11-3-8(4)19-23(15,16)21-24(17,18)20-22(12,13)14/h1-3,11H,(H,15,16)(H,17,18)(H2,12,13,14). The summed E-state index contributed by atoms with van der Waals surface area (Å²) in [5.74, 6) is -0.246. The summed E-state index contributed by atoms with van der Waals surface area (Å²) in [6.45, 7) is 0. The first-order chi connectivity index (χ1) is 10.8. The van der Waals surface area contributed by atoms with Gasteiger partial charge in [0.25, 0.3) is 0 Å². The maximum Gasteiger partial charge on any atom is 0.536 e. The lowest BCUT2D eigenvalue weighted by Crippen LogP contribution is -1.98. The molecule has 2 rings (SSSR count). The third kappa shape index (κ3) is 5.39. The Morgan fingerprint density at radius 2 is 1.67 bits per heavy atom. The van der Waals surface area contributed by atoms with Crippen LogP contribution in [0.2, 0.25) is 5.02 Å². The van der Waals surface area contributed by atoms with Crippen molar-refractivity contribution in [2.24, 2.45) is 0 Å². The van der Waals surface area contributed by atoms with E-state index in [4.69, 9.17) is 26.3 Å². The molecule has 0 radical (unpaired) electrons. The van der Waals surface area contributed by atoms with Gasteiger partial charge >= 0.3 is 23.5 Å². The van der Waals surface area contributed by atoms with E-state index < -0.39 is 23.5 Å². The van der Waals surface area contributed by atoms with Crippen molar-refractivity contribution in [3.05, 3.63) is 27.8 Å². The molecule has 0 saturated carbocycles. The van der Waals surface area contributed by atoms with Gasteiger partial charge in [0.05, 0.1) is 10.5 Å². The average molecular weight is 486 g/mol. The summed E-state index contributed by atoms with van der Waals surface area (Å²) in [6.07, 6.45) is 1.14. The number of phosphoric ester groups is 1. The average Bonchev–Trinajstić information content (AvgIpc) is 2.67. The summed E-state index contributed by atoms with van der Waals surface area (Å²) in [4.78, 5) is 38.1. The lowest BCUT2D eigenvalue weighted by atomic mass is 10.2. The maximum atomic E-state index is 11.8. The Kier molecular flexibility index (Phi) is 5.72. The summed E-state index contributed by atoms with van der Waals surface area (Å²) >= 11 is 9.02. The number of halogens is 2. The molecule has 11 nitrogen and oxygen atoms in total. The van der Waals surface area contributed by atoms with Crippen molar-refractivity contribution in [3.8, 4) is 5.75 Å². The van der Waals surface area contributed by atoms with Crippen LogP contribution in [0.5, 0.6) is 5.75 Å². The molecule has 1 aromatic heterocycles. The summed E-state index contributed by atoms with van der Waals surface area (Å²) in [5.41, 5.74) is 0.414. The minimum Gasteiger partial charge on any atom is -0.402 e. The molecule has 0 amide bonds. The maximum absolute atomic E-state index is 11.8. The van der Waals surface area contributed by atoms with E-state index in [1.54, 1.807) is 0 Å². The second-order valence-corrected chi connectivity index (χ2v) is 9.75. The van der Waals surface area contributed by atoms with E-state index in [-0.39, 0.29) is 11.1 Å². The van der Waals surface area contributed by atoms with Crippen LogP contribution in [0.25, 0.3) is 10.9 Å². The van der Waals surface area contributed by atoms with Gasteiger partial charge in [-0.2, -0.15) is 8.62 Å². The van der Waals surface area contributed by atoms with Crippen molar-refractivity contribution >= 4 is 61.9 Å². The van der Waals surface area contributed by atoms with E-state index in [0.29, 0.717) is 15.0 Å². The van der Waals surface area contributed by atoms with Gasteiger partial charge in [0, 0.05) is 16.1 Å². The van der Waals surface area contributed by atoms with Crippen molar-refractivity contribution in [2.75, 3.05) is 0 Å². The topological polar surface area (TPSA) is 176 Å². The van der Waals surface area contributed by atoms with Crippen molar-refractivity contribution in [1.29, 1.82) is 0 Å². The number of hydrogen-bond donors (Lipinski definition) is 5. The van der Waals surface area contributed by atoms with E-state index >= 15 is 0 Å². The van der Waals surface area contributed by atoms with Gasteiger partial charge in [-0.05, 0) is 28.1 Å². The Hall–Kier alpha value is -0.220. The van der Waals surface area contributed by atoms with Crippen LogP contribution in [0.15, 0.2) is 22.8 Å². The second-order valence-electron chi connectivity index (χ2n) is 4.15.